The number of thiol groups is 1. The summed E-state index contributed by atoms with van der Waals surface area (Å²) in [7, 11) is -4.67. The van der Waals surface area contributed by atoms with Crippen molar-refractivity contribution in [3.63, 3.8) is 0 Å². The van der Waals surface area contributed by atoms with Crippen LogP contribution in [0.2, 0.25) is 0 Å². The molecule has 0 heterocycles. The second-order valence-corrected chi connectivity index (χ2v) is 0.612. The highest BCUT2D eigenvalue weighted by Gasteiger charge is 1.50. The molecule has 0 aromatic carbocycles. The highest BCUT2D eigenvalue weighted by atomic mass is 32.2. The third-order valence-electron chi connectivity index (χ3n) is 0. The smallest absolute Gasteiger partial charge is 0.200 e. The molecular weight excluding hydrogens is 80.1 g/mol. The molecule has 0 spiro atoms. The van der Waals surface area contributed by atoms with Crippen LogP contribution in [0, 0.1) is 0 Å². The second-order valence-electron chi connectivity index (χ2n) is 0.204. The lowest BCUT2D eigenvalue weighted by Crippen LogP contribution is -1.54. The zero-order valence-electron chi connectivity index (χ0n) is 2.63. The van der Waals surface area contributed by atoms with E-state index in [4.69, 9.17) is 14.1 Å². The molecule has 0 aliphatic heterocycles. The molecule has 0 rings (SSSR count). The molecule has 0 aliphatic rings. The van der Waals surface area contributed by atoms with Gasteiger partial charge in [-0.1, -0.05) is 4.55 Å². The minimum atomic E-state index is -4.67. The first-order valence-electron chi connectivity index (χ1n) is 0.908. The van der Waals surface area contributed by atoms with E-state index >= 15 is 0 Å². The summed E-state index contributed by atoms with van der Waals surface area (Å²) < 4.78 is 31.6. The van der Waals surface area contributed by atoms with E-state index in [2.05, 4.69) is 0 Å². The Morgan fingerprint density at radius 3 is 1.75 bits per heavy atom. The Labute approximate surface area is 26.1 Å². The van der Waals surface area contributed by atoms with Gasteiger partial charge in [0, 0.05) is 0 Å². The minimum absolute atomic E-state index is 4.67. The topological polar surface area (TPSA) is 54.0 Å². The quantitative estimate of drug-likeness (QED) is 0.380. The first-order valence-corrected chi connectivity index (χ1v) is 1.50. The van der Waals surface area contributed by atoms with Crippen molar-refractivity contribution in [2.24, 2.45) is 0 Å². The molecule has 1 radical (unpaired) electrons. The summed E-state index contributed by atoms with van der Waals surface area (Å²) in [5.74, 6) is 0. The Balaban J connectivity index is 4.06. The molecule has 25 valence electrons. The standard InChI is InChI=1S/HO3S/c1-4(2)3/h4H/i4T. The van der Waals surface area contributed by atoms with Gasteiger partial charge in [-0.15, -0.1) is 0 Å². The maximum Gasteiger partial charge on any atom is 0.284 e. The van der Waals surface area contributed by atoms with E-state index < -0.39 is 10.9 Å². The van der Waals surface area contributed by atoms with E-state index in [1.165, 1.54) is 0 Å². The zero-order chi connectivity index (χ0) is 4.50. The maximum atomic E-state index is 8.74. The van der Waals surface area contributed by atoms with E-state index in [0.29, 0.717) is 0 Å². The average molecular weight is 83.1 g/mol. The van der Waals surface area contributed by atoms with Crippen LogP contribution in [-0.2, 0) is 15.4 Å². The van der Waals surface area contributed by atoms with Crippen molar-refractivity contribution in [3.8, 4) is 0 Å². The van der Waals surface area contributed by atoms with Gasteiger partial charge in [0.1, 0.15) is 0 Å². The molecule has 0 unspecified atom stereocenters. The normalized spacial score (nSPS) is 14.8. The number of hydrogen-bond acceptors (Lipinski definition) is 2. The third kappa shape index (κ3) is 195. The second kappa shape index (κ2) is 1.25. The summed E-state index contributed by atoms with van der Waals surface area (Å²) in [5, 5.41) is 0. The molecule has 3 nitrogen and oxygen atoms in total. The molecule has 4 heavy (non-hydrogen) atoms. The molecule has 0 saturated heterocycles. The predicted molar refractivity (Wildman–Crippen MR) is 11.0 cm³/mol. The molecule has 0 aromatic heterocycles. The van der Waals surface area contributed by atoms with Gasteiger partial charge in [0.2, 0.25) is 1.12 Å². The summed E-state index contributed by atoms with van der Waals surface area (Å²) in [4.78, 5) is 0. The summed E-state index contributed by atoms with van der Waals surface area (Å²) in [6.45, 7) is 0. The first kappa shape index (κ1) is 2.17. The van der Waals surface area contributed by atoms with E-state index in [0.717, 1.165) is 0 Å². The lowest BCUT2D eigenvalue weighted by molar-refractivity contribution is 0.438. The lowest BCUT2D eigenvalue weighted by Gasteiger charge is -1.36. The van der Waals surface area contributed by atoms with E-state index in [9.17, 15) is 0 Å². The van der Waals surface area contributed by atoms with Crippen molar-refractivity contribution >= 4 is 10.9 Å². The van der Waals surface area contributed by atoms with E-state index in [1.54, 1.807) is 0 Å². The SMILES string of the molecule is [3H]S([O])(=O)=O. The van der Waals surface area contributed by atoms with Gasteiger partial charge in [-0.25, -0.2) is 8.42 Å². The van der Waals surface area contributed by atoms with Crippen LogP contribution in [0.1, 0.15) is 0 Å². The summed E-state index contributed by atoms with van der Waals surface area (Å²) in [6, 6.07) is 0. The van der Waals surface area contributed by atoms with Crippen molar-refractivity contribution in [1.29, 1.82) is 1.12 Å². The van der Waals surface area contributed by atoms with Gasteiger partial charge in [0.25, 0.3) is 10.9 Å². The fourth-order valence-electron chi connectivity index (χ4n) is 0. The van der Waals surface area contributed by atoms with E-state index in [-0.39, 0.29) is 0 Å². The van der Waals surface area contributed by atoms with Crippen LogP contribution in [0.15, 0.2) is 0 Å². The van der Waals surface area contributed by atoms with Crippen LogP contribution in [-0.4, -0.2) is 9.54 Å². The summed E-state index contributed by atoms with van der Waals surface area (Å²) >= 11 is 0. The highest BCUT2D eigenvalue weighted by molar-refractivity contribution is 7.65. The molecule has 4 heteroatoms. The van der Waals surface area contributed by atoms with Gasteiger partial charge >= 0.3 is 0 Å². The molecule has 0 fully saturated rings. The Kier molecular flexibility index (Phi) is 0.679. The Hall–Kier alpha value is -0.0900. The van der Waals surface area contributed by atoms with Gasteiger partial charge < -0.3 is 0 Å². The van der Waals surface area contributed by atoms with Crippen LogP contribution in [0.5, 0.6) is 0 Å². The van der Waals surface area contributed by atoms with Crippen molar-refractivity contribution in [2.45, 2.75) is 0 Å². The average Bonchev–Trinajstić information content (AvgIpc) is 0.722. The van der Waals surface area contributed by atoms with Crippen LogP contribution in [0.3, 0.4) is 0 Å². The Bertz CT molecular complexity index is 90.1. The van der Waals surface area contributed by atoms with Gasteiger partial charge in [0.15, 0.2) is 0 Å². The molecule has 0 aliphatic carbocycles. The first-order chi connectivity index (χ1) is 2.00. The van der Waals surface area contributed by atoms with Crippen LogP contribution in [0.4, 0.5) is 0 Å². The zero-order valence-corrected chi connectivity index (χ0v) is 2.45. The monoisotopic (exact) mass is 83.0 g/mol. The molecule has 0 bridgehead atoms. The van der Waals surface area contributed by atoms with Crippen molar-refractivity contribution in [3.05, 3.63) is 0 Å². The van der Waals surface area contributed by atoms with Gasteiger partial charge in [-0.05, 0) is 0 Å². The molecule has 0 N–H and O–H groups in total. The van der Waals surface area contributed by atoms with Gasteiger partial charge in [0.05, 0.1) is 0 Å². The fraction of sp³-hybridized carbons (Fsp3) is 0. The Morgan fingerprint density at radius 2 is 1.75 bits per heavy atom. The van der Waals surface area contributed by atoms with Crippen molar-refractivity contribution < 1.29 is 13.0 Å². The summed E-state index contributed by atoms with van der Waals surface area (Å²) in [6.07, 6.45) is 0. The molecule has 0 amide bonds. The molecule has 0 saturated carbocycles. The van der Waals surface area contributed by atoms with Crippen LogP contribution >= 0.6 is 0 Å². The third-order valence-corrected chi connectivity index (χ3v) is 0. The highest BCUT2D eigenvalue weighted by Crippen LogP contribution is 1.31. The van der Waals surface area contributed by atoms with Crippen LogP contribution < -0.4 is 0 Å². The number of rotatable bonds is 0. The molecular formula is HO3S. The maximum absolute atomic E-state index is 8.74. The number of hydrogen-bond donors (Lipinski definition) is 1. The van der Waals surface area contributed by atoms with Gasteiger partial charge in [-0.3, -0.25) is 0 Å². The van der Waals surface area contributed by atoms with Crippen LogP contribution in [0.25, 0.3) is 0 Å². The largest absolute Gasteiger partial charge is 0.284 e. The van der Waals surface area contributed by atoms with Gasteiger partial charge in [-0.2, -0.15) is 0 Å². The Morgan fingerprint density at radius 1 is 1.75 bits per heavy atom. The minimum Gasteiger partial charge on any atom is -0.200 e. The predicted octanol–water partition coefficient (Wildman–Crippen LogP) is -1.06. The molecule has 0 aromatic rings. The van der Waals surface area contributed by atoms with Crippen molar-refractivity contribution in [1.82, 2.24) is 0 Å². The fourth-order valence-corrected chi connectivity index (χ4v) is 0. The van der Waals surface area contributed by atoms with Crippen molar-refractivity contribution in [2.75, 3.05) is 0 Å². The lowest BCUT2D eigenvalue weighted by atomic mass is 15.9. The summed E-state index contributed by atoms with van der Waals surface area (Å²) in [5.41, 5.74) is 0. The van der Waals surface area contributed by atoms with E-state index in [1.807, 2.05) is 0 Å². The molecule has 0 atom stereocenters.